The predicted octanol–water partition coefficient (Wildman–Crippen LogP) is 6.49. The molecule has 1 saturated heterocycles. The van der Waals surface area contributed by atoms with E-state index in [1.54, 1.807) is 19.4 Å². The van der Waals surface area contributed by atoms with Gasteiger partial charge < -0.3 is 25.1 Å². The summed E-state index contributed by atoms with van der Waals surface area (Å²) in [5, 5.41) is 4.20. The van der Waals surface area contributed by atoms with Gasteiger partial charge in [0.2, 0.25) is 5.75 Å². The van der Waals surface area contributed by atoms with E-state index in [2.05, 4.69) is 17.2 Å². The number of hydrogen-bond donors (Lipinski definition) is 2. The first-order valence-electron chi connectivity index (χ1n) is 12.3. The van der Waals surface area contributed by atoms with Crippen LogP contribution in [0.25, 0.3) is 22.1 Å². The average Bonchev–Trinajstić information content (AvgIpc) is 3.33. The van der Waals surface area contributed by atoms with Crippen LogP contribution in [-0.4, -0.2) is 41.0 Å². The van der Waals surface area contributed by atoms with Crippen molar-refractivity contribution >= 4 is 45.9 Å². The highest BCUT2D eigenvalue weighted by Gasteiger charge is 2.28. The van der Waals surface area contributed by atoms with Crippen molar-refractivity contribution < 1.29 is 18.3 Å². The van der Waals surface area contributed by atoms with Crippen molar-refractivity contribution in [2.24, 2.45) is 0 Å². The lowest BCUT2D eigenvalue weighted by Gasteiger charge is -2.37. The summed E-state index contributed by atoms with van der Waals surface area (Å²) in [6.45, 7) is 7.22. The number of fused-ring (bicyclic) bond motifs is 1. The fourth-order valence-electron chi connectivity index (χ4n) is 4.73. The number of nitrogens with zero attached hydrogens (tertiary/aromatic N) is 2. The number of rotatable bonds is 5. The van der Waals surface area contributed by atoms with E-state index in [1.165, 1.54) is 12.1 Å². The Morgan fingerprint density at radius 1 is 1.24 bits per heavy atom. The summed E-state index contributed by atoms with van der Waals surface area (Å²) in [7, 11) is 0. The molecule has 4 aromatic rings. The van der Waals surface area contributed by atoms with Gasteiger partial charge >= 0.3 is 0 Å². The van der Waals surface area contributed by atoms with E-state index >= 15 is 0 Å². The third-order valence-corrected chi connectivity index (χ3v) is 7.56. The lowest BCUT2D eigenvalue weighted by atomic mass is 10.0. The molecule has 2 aromatic carbocycles. The summed E-state index contributed by atoms with van der Waals surface area (Å²) >= 11 is 12.4. The molecule has 0 saturated carbocycles. The standard InChI is InChI=1S/C28H27Cl2FN4O3/c1-14-12-35(15(2)10-33-14)28(36)18-6-4-17(5-7-18)20-13-37-25-19(20)11-34-27(32)26(25)38-16(3)23-21(29)8-9-22(31)24(23)30/h4-9,11,13-16,33H,10,12H2,1-3H3,(H2,32,34)/t14?,15?,16-/m1/s1. The molecule has 5 rings (SSSR count). The number of benzene rings is 2. The van der Waals surface area contributed by atoms with Crippen LogP contribution in [0.2, 0.25) is 10.0 Å². The van der Waals surface area contributed by atoms with Crippen LogP contribution in [-0.2, 0) is 0 Å². The molecule has 3 atom stereocenters. The van der Waals surface area contributed by atoms with Crippen LogP contribution < -0.4 is 15.8 Å². The van der Waals surface area contributed by atoms with Crippen molar-refractivity contribution in [1.82, 2.24) is 15.2 Å². The van der Waals surface area contributed by atoms with Crippen LogP contribution in [0.5, 0.6) is 5.75 Å². The minimum absolute atomic E-state index is 0.00300. The Morgan fingerprint density at radius 3 is 2.71 bits per heavy atom. The molecule has 2 unspecified atom stereocenters. The first kappa shape index (κ1) is 26.3. The predicted molar refractivity (Wildman–Crippen MR) is 147 cm³/mol. The highest BCUT2D eigenvalue weighted by molar-refractivity contribution is 6.36. The fraction of sp³-hybridized carbons (Fsp3) is 0.286. The van der Waals surface area contributed by atoms with Crippen LogP contribution in [0, 0.1) is 5.82 Å². The van der Waals surface area contributed by atoms with Crippen LogP contribution in [0.3, 0.4) is 0 Å². The van der Waals surface area contributed by atoms with Gasteiger partial charge in [0, 0.05) is 53.1 Å². The maximum Gasteiger partial charge on any atom is 0.254 e. The van der Waals surface area contributed by atoms with Gasteiger partial charge in [0.15, 0.2) is 11.4 Å². The topological polar surface area (TPSA) is 93.6 Å². The van der Waals surface area contributed by atoms with Gasteiger partial charge in [-0.15, -0.1) is 0 Å². The molecule has 10 heteroatoms. The second-order valence-corrected chi connectivity index (χ2v) is 10.4. The second-order valence-electron chi connectivity index (χ2n) is 9.57. The molecule has 1 fully saturated rings. The molecule has 1 aliphatic rings. The van der Waals surface area contributed by atoms with Crippen molar-refractivity contribution in [2.75, 3.05) is 18.8 Å². The van der Waals surface area contributed by atoms with Gasteiger partial charge in [0.25, 0.3) is 5.91 Å². The Morgan fingerprint density at radius 2 is 1.97 bits per heavy atom. The van der Waals surface area contributed by atoms with Gasteiger partial charge in [0.05, 0.1) is 16.7 Å². The number of amides is 1. The van der Waals surface area contributed by atoms with Crippen molar-refractivity contribution in [3.8, 4) is 16.9 Å². The number of piperazine rings is 1. The summed E-state index contributed by atoms with van der Waals surface area (Å²) in [5.74, 6) is -0.294. The lowest BCUT2D eigenvalue weighted by molar-refractivity contribution is 0.0616. The van der Waals surface area contributed by atoms with Gasteiger partial charge in [-0.05, 0) is 50.6 Å². The Bertz CT molecular complexity index is 1510. The molecule has 38 heavy (non-hydrogen) atoms. The average molecular weight is 557 g/mol. The Balaban J connectivity index is 1.44. The number of halogens is 3. The highest BCUT2D eigenvalue weighted by atomic mass is 35.5. The number of anilines is 1. The third-order valence-electron chi connectivity index (χ3n) is 6.85. The van der Waals surface area contributed by atoms with E-state index in [-0.39, 0.29) is 39.6 Å². The molecule has 2 aromatic heterocycles. The molecule has 198 valence electrons. The number of nitrogens with one attached hydrogen (secondary N) is 1. The summed E-state index contributed by atoms with van der Waals surface area (Å²) in [6.07, 6.45) is 2.45. The molecular weight excluding hydrogens is 530 g/mol. The first-order chi connectivity index (χ1) is 18.2. The monoisotopic (exact) mass is 556 g/mol. The van der Waals surface area contributed by atoms with Gasteiger partial charge in [-0.2, -0.15) is 0 Å². The maximum atomic E-state index is 14.1. The number of hydrogen-bond acceptors (Lipinski definition) is 6. The molecular formula is C28H27Cl2FN4O3. The van der Waals surface area contributed by atoms with Crippen molar-refractivity contribution in [3.05, 3.63) is 75.8 Å². The zero-order valence-corrected chi connectivity index (χ0v) is 22.6. The summed E-state index contributed by atoms with van der Waals surface area (Å²) in [5.41, 5.74) is 9.02. The number of aromatic nitrogens is 1. The summed E-state index contributed by atoms with van der Waals surface area (Å²) in [4.78, 5) is 19.3. The molecule has 0 spiro atoms. The van der Waals surface area contributed by atoms with E-state index < -0.39 is 11.9 Å². The van der Waals surface area contributed by atoms with Gasteiger partial charge in [0.1, 0.15) is 11.9 Å². The molecule has 0 aliphatic carbocycles. The van der Waals surface area contributed by atoms with E-state index in [4.69, 9.17) is 38.1 Å². The van der Waals surface area contributed by atoms with Crippen molar-refractivity contribution in [1.29, 1.82) is 0 Å². The van der Waals surface area contributed by atoms with Crippen LogP contribution in [0.4, 0.5) is 10.2 Å². The largest absolute Gasteiger partial charge is 0.478 e. The molecule has 1 aliphatic heterocycles. The second kappa shape index (κ2) is 10.4. The molecule has 0 radical (unpaired) electrons. The van der Waals surface area contributed by atoms with Crippen LogP contribution in [0.15, 0.2) is 53.3 Å². The lowest BCUT2D eigenvalue weighted by Crippen LogP contribution is -2.56. The number of pyridine rings is 1. The fourth-order valence-corrected chi connectivity index (χ4v) is 5.41. The number of furan rings is 1. The van der Waals surface area contributed by atoms with Gasteiger partial charge in [-0.1, -0.05) is 35.3 Å². The zero-order chi connectivity index (χ0) is 27.1. The highest BCUT2D eigenvalue weighted by Crippen LogP contribution is 2.41. The maximum absolute atomic E-state index is 14.1. The Hall–Kier alpha value is -3.33. The quantitative estimate of drug-likeness (QED) is 0.273. The minimum atomic E-state index is -0.741. The zero-order valence-electron chi connectivity index (χ0n) is 21.1. The van der Waals surface area contributed by atoms with E-state index in [0.717, 1.165) is 17.7 Å². The number of ether oxygens (including phenoxy) is 1. The van der Waals surface area contributed by atoms with E-state index in [9.17, 15) is 9.18 Å². The van der Waals surface area contributed by atoms with Crippen molar-refractivity contribution in [2.45, 2.75) is 39.0 Å². The smallest absolute Gasteiger partial charge is 0.254 e. The molecule has 3 heterocycles. The molecule has 0 bridgehead atoms. The number of nitrogens with two attached hydrogens (primary N) is 1. The number of carbonyl (C=O) groups excluding carboxylic acids is 1. The first-order valence-corrected chi connectivity index (χ1v) is 13.0. The molecule has 3 N–H and O–H groups in total. The third kappa shape index (κ3) is 4.79. The van der Waals surface area contributed by atoms with Crippen LogP contribution in [0.1, 0.15) is 42.8 Å². The van der Waals surface area contributed by atoms with Crippen LogP contribution >= 0.6 is 23.2 Å². The molecule has 7 nitrogen and oxygen atoms in total. The Labute approximate surface area is 229 Å². The number of nitrogen functional groups attached to an aromatic ring is 1. The van der Waals surface area contributed by atoms with E-state index in [1.807, 2.05) is 36.1 Å². The number of carbonyl (C=O) groups is 1. The van der Waals surface area contributed by atoms with Crippen molar-refractivity contribution in [3.63, 3.8) is 0 Å². The van der Waals surface area contributed by atoms with Gasteiger partial charge in [-0.25, -0.2) is 9.37 Å². The SMILES string of the molecule is CC1CN(C(=O)c2ccc(-c3coc4c(O[C@H](C)c5c(Cl)ccc(F)c5Cl)c(N)ncc34)cc2)C(C)CN1. The normalized spacial score (nSPS) is 18.5. The van der Waals surface area contributed by atoms with E-state index in [0.29, 0.717) is 28.6 Å². The summed E-state index contributed by atoms with van der Waals surface area (Å²) in [6, 6.07) is 10.4. The molecule has 1 amide bonds. The Kier molecular flexibility index (Phi) is 7.22. The van der Waals surface area contributed by atoms with Gasteiger partial charge in [-0.3, -0.25) is 4.79 Å². The minimum Gasteiger partial charge on any atom is -0.478 e. The summed E-state index contributed by atoms with van der Waals surface area (Å²) < 4.78 is 26.0.